The Balaban J connectivity index is 2.45. The average molecular weight is 311 g/mol. The molecule has 1 aromatic carbocycles. The molecule has 0 amide bonds. The molecule has 0 fully saturated rings. The minimum Gasteiger partial charge on any atom is -0.313 e. The van der Waals surface area contributed by atoms with Crippen LogP contribution in [0.2, 0.25) is 0 Å². The van der Waals surface area contributed by atoms with Crippen LogP contribution in [0, 0.1) is 11.6 Å². The van der Waals surface area contributed by atoms with Crippen molar-refractivity contribution < 1.29 is 8.78 Å². The van der Waals surface area contributed by atoms with E-state index in [4.69, 9.17) is 0 Å². The Kier molecular flexibility index (Phi) is 5.32. The lowest BCUT2D eigenvalue weighted by atomic mass is 10.2. The standard InChI is InChI=1S/C10H12F2IN/c11-9-2-3-10(12)8(6-9)7-14-5-1-4-13/h2-3,6,14H,1,4-5,7H2. The fourth-order valence-electron chi connectivity index (χ4n) is 1.09. The lowest BCUT2D eigenvalue weighted by molar-refractivity contribution is 0.568. The molecule has 0 saturated heterocycles. The van der Waals surface area contributed by atoms with Crippen molar-refractivity contribution in [2.24, 2.45) is 0 Å². The predicted octanol–water partition coefficient (Wildman–Crippen LogP) is 2.88. The van der Waals surface area contributed by atoms with Crippen molar-refractivity contribution in [3.63, 3.8) is 0 Å². The molecule has 0 radical (unpaired) electrons. The third-order valence-corrected chi connectivity index (χ3v) is 2.57. The van der Waals surface area contributed by atoms with Crippen LogP contribution in [0.15, 0.2) is 18.2 Å². The molecular weight excluding hydrogens is 299 g/mol. The molecule has 0 atom stereocenters. The summed E-state index contributed by atoms with van der Waals surface area (Å²) in [5, 5.41) is 3.06. The van der Waals surface area contributed by atoms with Crippen LogP contribution in [0.5, 0.6) is 0 Å². The Morgan fingerprint density at radius 1 is 1.29 bits per heavy atom. The van der Waals surface area contributed by atoms with Crippen molar-refractivity contribution in [3.8, 4) is 0 Å². The van der Waals surface area contributed by atoms with Gasteiger partial charge in [0.2, 0.25) is 0 Å². The minimum absolute atomic E-state index is 0.353. The summed E-state index contributed by atoms with van der Waals surface area (Å²) in [5.41, 5.74) is 0.387. The average Bonchev–Trinajstić information content (AvgIpc) is 2.18. The lowest BCUT2D eigenvalue weighted by Crippen LogP contribution is -2.16. The van der Waals surface area contributed by atoms with Crippen LogP contribution in [0.4, 0.5) is 8.78 Å². The summed E-state index contributed by atoms with van der Waals surface area (Å²) in [7, 11) is 0. The Labute approximate surface area is 96.0 Å². The summed E-state index contributed by atoms with van der Waals surface area (Å²) >= 11 is 2.28. The smallest absolute Gasteiger partial charge is 0.127 e. The van der Waals surface area contributed by atoms with Gasteiger partial charge in [-0.25, -0.2) is 8.78 Å². The summed E-state index contributed by atoms with van der Waals surface area (Å²) in [6.45, 7) is 1.22. The number of nitrogens with one attached hydrogen (secondary N) is 1. The predicted molar refractivity (Wildman–Crippen MR) is 61.6 cm³/mol. The zero-order valence-corrected chi connectivity index (χ0v) is 9.85. The van der Waals surface area contributed by atoms with Gasteiger partial charge in [0.25, 0.3) is 0 Å². The fourth-order valence-corrected chi connectivity index (χ4v) is 1.48. The topological polar surface area (TPSA) is 12.0 Å². The van der Waals surface area contributed by atoms with E-state index in [0.717, 1.165) is 29.5 Å². The molecule has 0 unspecified atom stereocenters. The van der Waals surface area contributed by atoms with E-state index in [1.165, 1.54) is 6.07 Å². The van der Waals surface area contributed by atoms with Crippen molar-refractivity contribution in [1.29, 1.82) is 0 Å². The molecule has 1 aromatic rings. The minimum atomic E-state index is -0.392. The number of benzene rings is 1. The Morgan fingerprint density at radius 3 is 2.79 bits per heavy atom. The van der Waals surface area contributed by atoms with Gasteiger partial charge in [0.05, 0.1) is 0 Å². The van der Waals surface area contributed by atoms with Crippen molar-refractivity contribution in [2.75, 3.05) is 11.0 Å². The summed E-state index contributed by atoms with van der Waals surface area (Å²) in [5.74, 6) is -0.745. The van der Waals surface area contributed by atoms with Gasteiger partial charge in [0, 0.05) is 16.5 Å². The quantitative estimate of drug-likeness (QED) is 0.501. The highest BCUT2D eigenvalue weighted by atomic mass is 127. The lowest BCUT2D eigenvalue weighted by Gasteiger charge is -2.04. The van der Waals surface area contributed by atoms with Gasteiger partial charge in [0.15, 0.2) is 0 Å². The third-order valence-electron chi connectivity index (χ3n) is 1.81. The van der Waals surface area contributed by atoms with Crippen molar-refractivity contribution in [3.05, 3.63) is 35.4 Å². The third kappa shape index (κ3) is 3.88. The second-order valence-electron chi connectivity index (χ2n) is 2.96. The molecule has 0 heterocycles. The van der Waals surface area contributed by atoms with Gasteiger partial charge >= 0.3 is 0 Å². The molecule has 0 aliphatic carbocycles. The molecule has 78 valence electrons. The van der Waals surface area contributed by atoms with Crippen LogP contribution < -0.4 is 5.32 Å². The molecule has 0 aromatic heterocycles. The second-order valence-corrected chi connectivity index (χ2v) is 4.03. The van der Waals surface area contributed by atoms with Crippen LogP contribution >= 0.6 is 22.6 Å². The zero-order valence-electron chi connectivity index (χ0n) is 7.69. The molecule has 1 N–H and O–H groups in total. The van der Waals surface area contributed by atoms with E-state index in [1.807, 2.05) is 0 Å². The van der Waals surface area contributed by atoms with Crippen molar-refractivity contribution in [2.45, 2.75) is 13.0 Å². The molecule has 4 heteroatoms. The Bertz CT molecular complexity index is 291. The van der Waals surface area contributed by atoms with Gasteiger partial charge in [-0.3, -0.25) is 0 Å². The van der Waals surface area contributed by atoms with Crippen molar-refractivity contribution in [1.82, 2.24) is 5.32 Å². The monoisotopic (exact) mass is 311 g/mol. The molecule has 0 aliphatic heterocycles. The number of hydrogen-bond donors (Lipinski definition) is 1. The van der Waals surface area contributed by atoms with Crippen LogP contribution in [-0.2, 0) is 6.54 Å². The normalized spacial score (nSPS) is 10.5. The summed E-state index contributed by atoms with van der Waals surface area (Å²) in [6.07, 6.45) is 1.04. The van der Waals surface area contributed by atoms with Gasteiger partial charge < -0.3 is 5.32 Å². The van der Waals surface area contributed by atoms with Gasteiger partial charge in [-0.15, -0.1) is 0 Å². The van der Waals surface area contributed by atoms with E-state index < -0.39 is 5.82 Å². The van der Waals surface area contributed by atoms with Gasteiger partial charge in [-0.1, -0.05) is 22.6 Å². The molecule has 0 aliphatic rings. The number of hydrogen-bond acceptors (Lipinski definition) is 1. The molecule has 14 heavy (non-hydrogen) atoms. The molecular formula is C10H12F2IN. The van der Waals surface area contributed by atoms with E-state index in [0.29, 0.717) is 12.1 Å². The van der Waals surface area contributed by atoms with Crippen LogP contribution in [-0.4, -0.2) is 11.0 Å². The first-order chi connectivity index (χ1) is 6.74. The Morgan fingerprint density at radius 2 is 2.07 bits per heavy atom. The maximum absolute atomic E-state index is 13.1. The highest BCUT2D eigenvalue weighted by Gasteiger charge is 2.02. The van der Waals surface area contributed by atoms with E-state index >= 15 is 0 Å². The first-order valence-electron chi connectivity index (χ1n) is 4.44. The molecule has 1 nitrogen and oxygen atoms in total. The van der Waals surface area contributed by atoms with Crippen LogP contribution in [0.3, 0.4) is 0 Å². The van der Waals surface area contributed by atoms with Gasteiger partial charge in [-0.2, -0.15) is 0 Å². The molecule has 0 spiro atoms. The van der Waals surface area contributed by atoms with Crippen LogP contribution in [0.1, 0.15) is 12.0 Å². The number of halogens is 3. The summed E-state index contributed by atoms with van der Waals surface area (Å²) < 4.78 is 26.9. The highest BCUT2D eigenvalue weighted by molar-refractivity contribution is 14.1. The second kappa shape index (κ2) is 6.29. The largest absolute Gasteiger partial charge is 0.313 e. The van der Waals surface area contributed by atoms with Crippen molar-refractivity contribution >= 4 is 22.6 Å². The first-order valence-corrected chi connectivity index (χ1v) is 5.97. The first kappa shape index (κ1) is 11.8. The molecule has 0 bridgehead atoms. The fraction of sp³-hybridized carbons (Fsp3) is 0.400. The maximum atomic E-state index is 13.1. The molecule has 1 rings (SSSR count). The maximum Gasteiger partial charge on any atom is 0.127 e. The van der Waals surface area contributed by atoms with E-state index in [1.54, 1.807) is 0 Å². The van der Waals surface area contributed by atoms with E-state index in [-0.39, 0.29) is 5.82 Å². The summed E-state index contributed by atoms with van der Waals surface area (Å²) in [6, 6.07) is 3.51. The highest BCUT2D eigenvalue weighted by Crippen LogP contribution is 2.08. The van der Waals surface area contributed by atoms with Gasteiger partial charge in [0.1, 0.15) is 11.6 Å². The number of alkyl halides is 1. The Hall–Kier alpha value is -0.230. The van der Waals surface area contributed by atoms with Gasteiger partial charge in [-0.05, 0) is 31.2 Å². The van der Waals surface area contributed by atoms with E-state index in [9.17, 15) is 8.78 Å². The van der Waals surface area contributed by atoms with E-state index in [2.05, 4.69) is 27.9 Å². The SMILES string of the molecule is Fc1ccc(F)c(CNCCCI)c1. The number of rotatable bonds is 5. The molecule has 0 saturated carbocycles. The zero-order chi connectivity index (χ0) is 10.4. The summed E-state index contributed by atoms with van der Waals surface area (Å²) in [4.78, 5) is 0. The van der Waals surface area contributed by atoms with Crippen LogP contribution in [0.25, 0.3) is 0 Å².